The van der Waals surface area contributed by atoms with Gasteiger partial charge in [-0.05, 0) is 20.3 Å². The number of hydrogen-bond acceptors (Lipinski definition) is 3. The Morgan fingerprint density at radius 3 is 2.20 bits per heavy atom. The molecule has 15 heavy (non-hydrogen) atoms. The van der Waals surface area contributed by atoms with Gasteiger partial charge < -0.3 is 16.4 Å². The molecule has 0 atom stereocenters. The maximum atomic E-state index is 11.3. The second-order valence-electron chi connectivity index (χ2n) is 4.32. The Kier molecular flexibility index (Phi) is 5.93. The molecule has 0 aliphatic rings. The summed E-state index contributed by atoms with van der Waals surface area (Å²) in [6.07, 6.45) is 1.07. The van der Waals surface area contributed by atoms with Crippen molar-refractivity contribution in [3.8, 4) is 0 Å². The summed E-state index contributed by atoms with van der Waals surface area (Å²) in [5.41, 5.74) is 5.43. The molecule has 0 bridgehead atoms. The Morgan fingerprint density at radius 1 is 1.20 bits per heavy atom. The lowest BCUT2D eigenvalue weighted by Crippen LogP contribution is -2.36. The standard InChI is InChI=1S/C10H21N3O2/c1-8(14)12-6-7-13-9(15)4-5-10(2,3)11/h4-7,11H2,1-3H3,(H,12,14)(H,13,15). The number of carbonyl (C=O) groups excluding carboxylic acids is 2. The van der Waals surface area contributed by atoms with Crippen molar-refractivity contribution < 1.29 is 9.59 Å². The minimum atomic E-state index is -0.311. The molecule has 0 spiro atoms. The van der Waals surface area contributed by atoms with E-state index >= 15 is 0 Å². The molecule has 0 saturated heterocycles. The Bertz CT molecular complexity index is 221. The van der Waals surface area contributed by atoms with E-state index in [1.54, 1.807) is 0 Å². The third-order valence-electron chi connectivity index (χ3n) is 1.82. The molecular weight excluding hydrogens is 194 g/mol. The van der Waals surface area contributed by atoms with Crippen LogP contribution in [-0.4, -0.2) is 30.4 Å². The molecule has 0 fully saturated rings. The van der Waals surface area contributed by atoms with Crippen molar-refractivity contribution in [2.24, 2.45) is 5.73 Å². The van der Waals surface area contributed by atoms with Gasteiger partial charge in [-0.15, -0.1) is 0 Å². The van der Waals surface area contributed by atoms with Gasteiger partial charge in [0.1, 0.15) is 0 Å². The van der Waals surface area contributed by atoms with Crippen LogP contribution in [0.3, 0.4) is 0 Å². The fourth-order valence-corrected chi connectivity index (χ4v) is 0.965. The summed E-state index contributed by atoms with van der Waals surface area (Å²) in [6, 6.07) is 0. The monoisotopic (exact) mass is 215 g/mol. The van der Waals surface area contributed by atoms with Crippen LogP contribution in [0, 0.1) is 0 Å². The zero-order valence-corrected chi connectivity index (χ0v) is 9.72. The summed E-state index contributed by atoms with van der Waals surface area (Å²) < 4.78 is 0. The summed E-state index contributed by atoms with van der Waals surface area (Å²) in [5, 5.41) is 5.30. The Labute approximate surface area is 90.8 Å². The normalized spacial score (nSPS) is 10.9. The Morgan fingerprint density at radius 2 is 1.73 bits per heavy atom. The topological polar surface area (TPSA) is 84.2 Å². The Balaban J connectivity index is 3.46. The highest BCUT2D eigenvalue weighted by atomic mass is 16.2. The average molecular weight is 215 g/mol. The van der Waals surface area contributed by atoms with Gasteiger partial charge >= 0.3 is 0 Å². The lowest BCUT2D eigenvalue weighted by atomic mass is 10.00. The zero-order valence-electron chi connectivity index (χ0n) is 9.72. The highest BCUT2D eigenvalue weighted by Gasteiger charge is 2.12. The van der Waals surface area contributed by atoms with Gasteiger partial charge in [0.2, 0.25) is 11.8 Å². The number of rotatable bonds is 6. The van der Waals surface area contributed by atoms with Gasteiger partial charge in [-0.3, -0.25) is 9.59 Å². The highest BCUT2D eigenvalue weighted by Crippen LogP contribution is 2.06. The highest BCUT2D eigenvalue weighted by molar-refractivity contribution is 5.76. The summed E-state index contributed by atoms with van der Waals surface area (Å²) in [7, 11) is 0. The molecule has 2 amide bonds. The summed E-state index contributed by atoms with van der Waals surface area (Å²) >= 11 is 0. The van der Waals surface area contributed by atoms with E-state index in [1.807, 2.05) is 13.8 Å². The van der Waals surface area contributed by atoms with Crippen molar-refractivity contribution in [2.45, 2.75) is 39.2 Å². The minimum absolute atomic E-state index is 0.0288. The number of carbonyl (C=O) groups is 2. The fourth-order valence-electron chi connectivity index (χ4n) is 0.965. The van der Waals surface area contributed by atoms with Gasteiger partial charge in [0.15, 0.2) is 0 Å². The molecule has 0 saturated carbocycles. The number of nitrogens with two attached hydrogens (primary N) is 1. The van der Waals surface area contributed by atoms with Crippen molar-refractivity contribution in [2.75, 3.05) is 13.1 Å². The lowest BCUT2D eigenvalue weighted by molar-refractivity contribution is -0.122. The van der Waals surface area contributed by atoms with Gasteiger partial charge in [0.05, 0.1) is 0 Å². The Hall–Kier alpha value is -1.10. The fraction of sp³-hybridized carbons (Fsp3) is 0.800. The van der Waals surface area contributed by atoms with Crippen LogP contribution >= 0.6 is 0 Å². The van der Waals surface area contributed by atoms with Gasteiger partial charge in [-0.25, -0.2) is 0 Å². The first-order chi connectivity index (χ1) is 6.81. The van der Waals surface area contributed by atoms with Crippen molar-refractivity contribution in [1.29, 1.82) is 0 Å². The smallest absolute Gasteiger partial charge is 0.220 e. The van der Waals surface area contributed by atoms with Crippen molar-refractivity contribution >= 4 is 11.8 Å². The summed E-state index contributed by atoms with van der Waals surface area (Å²) in [4.78, 5) is 21.8. The second kappa shape index (κ2) is 6.40. The first-order valence-corrected chi connectivity index (χ1v) is 5.11. The molecule has 0 aromatic rings. The molecule has 0 rings (SSSR count). The second-order valence-corrected chi connectivity index (χ2v) is 4.32. The van der Waals surface area contributed by atoms with Gasteiger partial charge in [0.25, 0.3) is 0 Å². The van der Waals surface area contributed by atoms with E-state index < -0.39 is 0 Å². The number of amides is 2. The van der Waals surface area contributed by atoms with Crippen LogP contribution in [0.25, 0.3) is 0 Å². The molecule has 88 valence electrons. The van der Waals surface area contributed by atoms with Gasteiger partial charge in [-0.2, -0.15) is 0 Å². The van der Waals surface area contributed by atoms with E-state index in [2.05, 4.69) is 10.6 Å². The summed E-state index contributed by atoms with van der Waals surface area (Å²) in [6.45, 7) is 6.14. The summed E-state index contributed by atoms with van der Waals surface area (Å²) in [5.74, 6) is -0.119. The maximum absolute atomic E-state index is 11.3. The third-order valence-corrected chi connectivity index (χ3v) is 1.82. The molecule has 0 aliphatic heterocycles. The molecule has 0 heterocycles. The first-order valence-electron chi connectivity index (χ1n) is 5.11. The van der Waals surface area contributed by atoms with E-state index in [-0.39, 0.29) is 17.4 Å². The first kappa shape index (κ1) is 13.9. The predicted molar refractivity (Wildman–Crippen MR) is 59.2 cm³/mol. The molecule has 0 radical (unpaired) electrons. The van der Waals surface area contributed by atoms with Gasteiger partial charge in [-0.1, -0.05) is 0 Å². The molecular formula is C10H21N3O2. The third kappa shape index (κ3) is 10.8. The largest absolute Gasteiger partial charge is 0.355 e. The maximum Gasteiger partial charge on any atom is 0.220 e. The quantitative estimate of drug-likeness (QED) is 0.534. The van der Waals surface area contributed by atoms with E-state index in [1.165, 1.54) is 6.92 Å². The SMILES string of the molecule is CC(=O)NCCNC(=O)CCC(C)(C)N. The molecule has 0 aromatic heterocycles. The van der Waals surface area contributed by atoms with Crippen LogP contribution in [0.1, 0.15) is 33.6 Å². The van der Waals surface area contributed by atoms with E-state index in [4.69, 9.17) is 5.73 Å². The van der Waals surface area contributed by atoms with E-state index in [0.717, 1.165) is 0 Å². The predicted octanol–water partition coefficient (Wildman–Crippen LogP) is -0.244. The minimum Gasteiger partial charge on any atom is -0.355 e. The van der Waals surface area contributed by atoms with Crippen LogP contribution < -0.4 is 16.4 Å². The number of hydrogen-bond donors (Lipinski definition) is 3. The molecule has 0 aromatic carbocycles. The molecule has 0 unspecified atom stereocenters. The van der Waals surface area contributed by atoms with Crippen LogP contribution in [0.15, 0.2) is 0 Å². The van der Waals surface area contributed by atoms with Crippen LogP contribution in [0.2, 0.25) is 0 Å². The van der Waals surface area contributed by atoms with E-state index in [9.17, 15) is 9.59 Å². The number of nitrogens with one attached hydrogen (secondary N) is 2. The zero-order chi connectivity index (χ0) is 11.9. The van der Waals surface area contributed by atoms with Crippen molar-refractivity contribution in [3.05, 3.63) is 0 Å². The van der Waals surface area contributed by atoms with Crippen LogP contribution in [-0.2, 0) is 9.59 Å². The van der Waals surface area contributed by atoms with Crippen molar-refractivity contribution in [3.63, 3.8) is 0 Å². The van der Waals surface area contributed by atoms with Crippen molar-refractivity contribution in [1.82, 2.24) is 10.6 Å². The average Bonchev–Trinajstić information content (AvgIpc) is 2.07. The molecule has 5 nitrogen and oxygen atoms in total. The molecule has 5 heteroatoms. The van der Waals surface area contributed by atoms with Crippen LogP contribution in [0.5, 0.6) is 0 Å². The van der Waals surface area contributed by atoms with E-state index in [0.29, 0.717) is 25.9 Å². The molecule has 0 aliphatic carbocycles. The molecule has 4 N–H and O–H groups in total. The van der Waals surface area contributed by atoms with Crippen LogP contribution in [0.4, 0.5) is 0 Å². The van der Waals surface area contributed by atoms with Gasteiger partial charge in [0, 0.05) is 32.0 Å². The lowest BCUT2D eigenvalue weighted by Gasteiger charge is -2.17.